The van der Waals surface area contributed by atoms with Gasteiger partial charge in [0.2, 0.25) is 15.0 Å². The summed E-state index contributed by atoms with van der Waals surface area (Å²) < 4.78 is 33.7. The normalized spacial score (nSPS) is 17.3. The van der Waals surface area contributed by atoms with Gasteiger partial charge in [0.1, 0.15) is 0 Å². The summed E-state index contributed by atoms with van der Waals surface area (Å²) in [5, 5.41) is -0.307. The van der Waals surface area contributed by atoms with Crippen LogP contribution >= 0.6 is 0 Å². The summed E-state index contributed by atoms with van der Waals surface area (Å²) in [5.41, 5.74) is 2.14. The van der Waals surface area contributed by atoms with Gasteiger partial charge in [-0.1, -0.05) is 37.3 Å². The van der Waals surface area contributed by atoms with Crippen LogP contribution in [0.4, 0.5) is 0 Å². The van der Waals surface area contributed by atoms with Crippen LogP contribution < -0.4 is 0 Å². The second kappa shape index (κ2) is 10.6. The fraction of sp³-hybridized carbons (Fsp3) is 0.609. The molecule has 0 bridgehead atoms. The first kappa shape index (κ1) is 23.0. The van der Waals surface area contributed by atoms with Crippen LogP contribution in [0.15, 0.2) is 41.7 Å². The van der Waals surface area contributed by atoms with Crippen LogP contribution in [0, 0.1) is 0 Å². The highest BCUT2D eigenvalue weighted by Gasteiger charge is 2.27. The molecule has 1 aromatic carbocycles. The van der Waals surface area contributed by atoms with Gasteiger partial charge < -0.3 is 9.30 Å². The van der Waals surface area contributed by atoms with Crippen LogP contribution in [-0.2, 0) is 34.1 Å². The molecule has 6 nitrogen and oxygen atoms in total. The number of imidazole rings is 1. The maximum Gasteiger partial charge on any atom is 0.228 e. The molecular formula is C23H35N3O3S. The molecule has 1 aromatic heterocycles. The number of hydrogen-bond acceptors (Lipinski definition) is 5. The van der Waals surface area contributed by atoms with Gasteiger partial charge in [-0.3, -0.25) is 4.90 Å². The Morgan fingerprint density at radius 3 is 2.67 bits per heavy atom. The number of nitrogens with zero attached hydrogens (tertiary/aromatic N) is 3. The molecule has 1 aliphatic heterocycles. The van der Waals surface area contributed by atoms with E-state index in [0.717, 1.165) is 51.1 Å². The maximum atomic E-state index is 13.0. The van der Waals surface area contributed by atoms with Gasteiger partial charge in [0.25, 0.3) is 0 Å². The lowest BCUT2D eigenvalue weighted by molar-refractivity contribution is 0.0697. The van der Waals surface area contributed by atoms with E-state index >= 15 is 0 Å². The van der Waals surface area contributed by atoms with Crippen molar-refractivity contribution >= 4 is 9.84 Å². The topological polar surface area (TPSA) is 64.4 Å². The zero-order valence-corrected chi connectivity index (χ0v) is 19.3. The van der Waals surface area contributed by atoms with E-state index in [1.807, 2.05) is 22.8 Å². The van der Waals surface area contributed by atoms with Crippen molar-refractivity contribution in [2.45, 2.75) is 76.1 Å². The van der Waals surface area contributed by atoms with Gasteiger partial charge in [0.15, 0.2) is 0 Å². The Kier molecular flexibility index (Phi) is 8.08. The van der Waals surface area contributed by atoms with Crippen molar-refractivity contribution in [2.24, 2.45) is 0 Å². The van der Waals surface area contributed by atoms with Gasteiger partial charge in [0.05, 0.1) is 23.2 Å². The summed E-state index contributed by atoms with van der Waals surface area (Å²) in [5.74, 6) is 0. The highest BCUT2D eigenvalue weighted by atomic mass is 32.2. The molecule has 2 heterocycles. The van der Waals surface area contributed by atoms with E-state index < -0.39 is 15.1 Å². The molecule has 1 fully saturated rings. The van der Waals surface area contributed by atoms with Gasteiger partial charge in [-0.05, 0) is 51.6 Å². The molecule has 0 aliphatic carbocycles. The Hall–Kier alpha value is -1.70. The number of hydrogen-bond donors (Lipinski definition) is 0. The zero-order chi connectivity index (χ0) is 21.6. The lowest BCUT2D eigenvalue weighted by atomic mass is 10.1. The van der Waals surface area contributed by atoms with Gasteiger partial charge in [-0.2, -0.15) is 0 Å². The van der Waals surface area contributed by atoms with Crippen molar-refractivity contribution in [3.8, 4) is 0 Å². The van der Waals surface area contributed by atoms with E-state index in [1.54, 1.807) is 20.0 Å². The Morgan fingerprint density at radius 1 is 1.27 bits per heavy atom. The Bertz CT molecular complexity index is 888. The largest absolute Gasteiger partial charge is 0.377 e. The highest BCUT2D eigenvalue weighted by Crippen LogP contribution is 2.21. The summed E-state index contributed by atoms with van der Waals surface area (Å²) in [6.07, 6.45) is 6.05. The number of rotatable bonds is 11. The SMILES string of the molecule is CCCN(Cc1cnc(S(=O)(=O)C(C)C)n1CCc1ccccc1)C[C@H]1CCCO1. The van der Waals surface area contributed by atoms with E-state index in [0.29, 0.717) is 13.1 Å². The molecule has 0 radical (unpaired) electrons. The van der Waals surface area contributed by atoms with Crippen LogP contribution in [0.25, 0.3) is 0 Å². The molecule has 1 saturated heterocycles. The third kappa shape index (κ3) is 5.71. The lowest BCUT2D eigenvalue weighted by Gasteiger charge is -2.25. The molecule has 0 spiro atoms. The van der Waals surface area contributed by atoms with E-state index in [-0.39, 0.29) is 11.3 Å². The van der Waals surface area contributed by atoms with Crippen molar-refractivity contribution < 1.29 is 13.2 Å². The van der Waals surface area contributed by atoms with Gasteiger partial charge in [-0.25, -0.2) is 13.4 Å². The first-order chi connectivity index (χ1) is 14.4. The van der Waals surface area contributed by atoms with Crippen molar-refractivity contribution in [3.63, 3.8) is 0 Å². The van der Waals surface area contributed by atoms with Crippen molar-refractivity contribution in [1.29, 1.82) is 0 Å². The molecule has 0 amide bonds. The molecule has 1 aliphatic rings. The molecule has 7 heteroatoms. The third-order valence-electron chi connectivity index (χ3n) is 5.65. The first-order valence-corrected chi connectivity index (χ1v) is 12.6. The Morgan fingerprint density at radius 2 is 2.03 bits per heavy atom. The monoisotopic (exact) mass is 433 g/mol. The van der Waals surface area contributed by atoms with E-state index in [9.17, 15) is 8.42 Å². The predicted molar refractivity (Wildman–Crippen MR) is 119 cm³/mol. The van der Waals surface area contributed by atoms with Crippen LogP contribution in [0.2, 0.25) is 0 Å². The van der Waals surface area contributed by atoms with Crippen LogP contribution in [0.1, 0.15) is 51.3 Å². The predicted octanol–water partition coefficient (Wildman–Crippen LogP) is 3.70. The lowest BCUT2D eigenvalue weighted by Crippen LogP contribution is -2.33. The molecule has 30 heavy (non-hydrogen) atoms. The minimum absolute atomic E-state index is 0.192. The Labute approximate surface area is 181 Å². The fourth-order valence-electron chi connectivity index (χ4n) is 3.94. The van der Waals surface area contributed by atoms with Crippen LogP contribution in [0.5, 0.6) is 0 Å². The Balaban J connectivity index is 1.85. The minimum atomic E-state index is -3.45. The average Bonchev–Trinajstić information content (AvgIpc) is 3.37. The van der Waals surface area contributed by atoms with Gasteiger partial charge in [-0.15, -0.1) is 0 Å². The summed E-state index contributed by atoms with van der Waals surface area (Å²) in [6, 6.07) is 10.2. The molecule has 1 atom stereocenters. The summed E-state index contributed by atoms with van der Waals surface area (Å²) in [4.78, 5) is 6.76. The second-order valence-corrected chi connectivity index (χ2v) is 10.8. The smallest absolute Gasteiger partial charge is 0.228 e. The number of benzene rings is 1. The van der Waals surface area contributed by atoms with Gasteiger partial charge in [0, 0.05) is 26.2 Å². The molecule has 0 N–H and O–H groups in total. The fourth-order valence-corrected chi connectivity index (χ4v) is 5.07. The maximum absolute atomic E-state index is 13.0. The van der Waals surface area contributed by atoms with Gasteiger partial charge >= 0.3 is 0 Å². The van der Waals surface area contributed by atoms with E-state index in [4.69, 9.17) is 4.74 Å². The van der Waals surface area contributed by atoms with Crippen molar-refractivity contribution in [2.75, 3.05) is 19.7 Å². The minimum Gasteiger partial charge on any atom is -0.377 e. The summed E-state index contributed by atoms with van der Waals surface area (Å²) >= 11 is 0. The summed E-state index contributed by atoms with van der Waals surface area (Å²) in [7, 11) is -3.45. The highest BCUT2D eigenvalue weighted by molar-refractivity contribution is 7.91. The molecule has 3 rings (SSSR count). The van der Waals surface area contributed by atoms with E-state index in [1.165, 1.54) is 5.56 Å². The zero-order valence-electron chi connectivity index (χ0n) is 18.5. The standard InChI is InChI=1S/C23H35N3O3S/c1-4-13-25(18-22-11-8-15-29-22)17-21-16-24-23(30(27,28)19(2)3)26(21)14-12-20-9-6-5-7-10-20/h5-7,9-10,16,19,22H,4,8,11-15,17-18H2,1-3H3/t22-/m1/s1. The van der Waals surface area contributed by atoms with Crippen LogP contribution in [-0.4, -0.2) is 53.9 Å². The average molecular weight is 434 g/mol. The third-order valence-corrected chi connectivity index (χ3v) is 7.73. The second-order valence-electron chi connectivity index (χ2n) is 8.38. The number of ether oxygens (including phenoxy) is 1. The molecular weight excluding hydrogens is 398 g/mol. The molecule has 166 valence electrons. The van der Waals surface area contributed by atoms with E-state index in [2.05, 4.69) is 28.9 Å². The first-order valence-electron chi connectivity index (χ1n) is 11.1. The molecule has 2 aromatic rings. The number of sulfone groups is 1. The molecule has 0 unspecified atom stereocenters. The number of aryl methyl sites for hydroxylation is 1. The summed E-state index contributed by atoms with van der Waals surface area (Å²) in [6.45, 7) is 9.56. The number of aromatic nitrogens is 2. The quantitative estimate of drug-likeness (QED) is 0.541. The van der Waals surface area contributed by atoms with Crippen LogP contribution in [0.3, 0.4) is 0 Å². The van der Waals surface area contributed by atoms with Crippen molar-refractivity contribution in [3.05, 3.63) is 47.8 Å². The molecule has 0 saturated carbocycles. The van der Waals surface area contributed by atoms with Crippen molar-refractivity contribution in [1.82, 2.24) is 14.5 Å².